The van der Waals surface area contributed by atoms with Gasteiger partial charge in [-0.1, -0.05) is 47.5 Å². The van der Waals surface area contributed by atoms with E-state index in [0.29, 0.717) is 0 Å². The van der Waals surface area contributed by atoms with Gasteiger partial charge in [-0.25, -0.2) is 0 Å². The van der Waals surface area contributed by atoms with Crippen LogP contribution in [0.2, 0.25) is 0 Å². The van der Waals surface area contributed by atoms with E-state index in [1.807, 2.05) is 13.8 Å². The molecule has 0 aliphatic rings. The van der Waals surface area contributed by atoms with Crippen molar-refractivity contribution in [3.63, 3.8) is 0 Å². The van der Waals surface area contributed by atoms with E-state index in [0.717, 1.165) is 11.1 Å². The molecule has 104 valence electrons. The Morgan fingerprint density at radius 2 is 1.35 bits per heavy atom. The topological polar surface area (TPSA) is 69.6 Å². The van der Waals surface area contributed by atoms with Gasteiger partial charge in [-0.15, -0.1) is 0 Å². The Bertz CT molecular complexity index is 730. The standard InChI is InChI=1S/C15H15NO3S/c1-11-3-7-13(8-4-11)15(17)16-20(18,19)14-9-5-12(2)6-10-14/h3-10H,1-2H3,(H,16,17)/p-1. The molecule has 0 aromatic heterocycles. The zero-order chi connectivity index (χ0) is 14.8. The first kappa shape index (κ1) is 14.3. The van der Waals surface area contributed by atoms with E-state index >= 15 is 0 Å². The van der Waals surface area contributed by atoms with Crippen LogP contribution in [-0.2, 0) is 10.0 Å². The second-order valence-corrected chi connectivity index (χ2v) is 6.15. The molecule has 0 aliphatic heterocycles. The maximum atomic E-state index is 12.0. The summed E-state index contributed by atoms with van der Waals surface area (Å²) in [5, 5.41) is 11.9. The smallest absolute Gasteiger partial charge is 0.281 e. The third-order valence-corrected chi connectivity index (χ3v) is 4.09. The van der Waals surface area contributed by atoms with Crippen LogP contribution in [0.1, 0.15) is 16.7 Å². The molecule has 2 aromatic rings. The molecule has 0 unspecified atom stereocenters. The zero-order valence-electron chi connectivity index (χ0n) is 11.2. The molecule has 0 spiro atoms. The van der Waals surface area contributed by atoms with E-state index in [-0.39, 0.29) is 10.5 Å². The summed E-state index contributed by atoms with van der Waals surface area (Å²) < 4.78 is 27.4. The largest absolute Gasteiger partial charge is 0.858 e. The fraction of sp³-hybridized carbons (Fsp3) is 0.133. The van der Waals surface area contributed by atoms with Crippen LogP contribution >= 0.6 is 0 Å². The van der Waals surface area contributed by atoms with Crippen LogP contribution in [-0.4, -0.2) is 14.3 Å². The van der Waals surface area contributed by atoms with Gasteiger partial charge >= 0.3 is 0 Å². The first-order chi connectivity index (χ1) is 9.38. The first-order valence-electron chi connectivity index (χ1n) is 6.04. The maximum absolute atomic E-state index is 12.0. The van der Waals surface area contributed by atoms with Crippen LogP contribution in [0.5, 0.6) is 0 Å². The van der Waals surface area contributed by atoms with Crippen molar-refractivity contribution in [3.8, 4) is 0 Å². The van der Waals surface area contributed by atoms with Crippen LogP contribution in [0.25, 0.3) is 0 Å². The molecule has 0 aliphatic carbocycles. The van der Waals surface area contributed by atoms with Crippen LogP contribution in [0.3, 0.4) is 0 Å². The Kier molecular flexibility index (Phi) is 3.90. The van der Waals surface area contributed by atoms with Crippen LogP contribution in [0, 0.1) is 13.8 Å². The van der Waals surface area contributed by atoms with Crippen molar-refractivity contribution in [1.29, 1.82) is 0 Å². The SMILES string of the molecule is Cc1ccc(C([O-])=NS(=O)(=O)c2ccc(C)cc2)cc1. The lowest BCUT2D eigenvalue weighted by Crippen LogP contribution is -2.20. The van der Waals surface area contributed by atoms with E-state index in [9.17, 15) is 13.5 Å². The van der Waals surface area contributed by atoms with Crippen molar-refractivity contribution in [2.45, 2.75) is 18.7 Å². The van der Waals surface area contributed by atoms with Crippen molar-refractivity contribution < 1.29 is 13.5 Å². The molecule has 0 saturated carbocycles. The molecule has 5 heteroatoms. The molecular weight excluding hydrogens is 274 g/mol. The third kappa shape index (κ3) is 3.24. The third-order valence-electron chi connectivity index (χ3n) is 2.82. The Balaban J connectivity index is 2.37. The predicted octanol–water partition coefficient (Wildman–Crippen LogP) is 1.80. The monoisotopic (exact) mass is 288 g/mol. The van der Waals surface area contributed by atoms with E-state index < -0.39 is 15.9 Å². The highest BCUT2D eigenvalue weighted by atomic mass is 32.2. The maximum Gasteiger partial charge on any atom is 0.281 e. The van der Waals surface area contributed by atoms with Crippen molar-refractivity contribution in [1.82, 2.24) is 0 Å². The van der Waals surface area contributed by atoms with E-state index in [4.69, 9.17) is 0 Å². The van der Waals surface area contributed by atoms with Gasteiger partial charge in [-0.3, -0.25) is 0 Å². The lowest BCUT2D eigenvalue weighted by Gasteiger charge is -2.11. The summed E-state index contributed by atoms with van der Waals surface area (Å²) in [6.07, 6.45) is 0. The number of hydrogen-bond acceptors (Lipinski definition) is 3. The molecule has 0 fully saturated rings. The minimum atomic E-state index is -3.96. The number of sulfonamides is 1. The molecule has 20 heavy (non-hydrogen) atoms. The minimum absolute atomic E-state index is 0.0172. The molecule has 0 N–H and O–H groups in total. The summed E-state index contributed by atoms with van der Waals surface area (Å²) in [7, 11) is -3.96. The highest BCUT2D eigenvalue weighted by molar-refractivity contribution is 7.90. The number of hydrogen-bond donors (Lipinski definition) is 0. The normalized spacial score (nSPS) is 12.4. The van der Waals surface area contributed by atoms with Crippen molar-refractivity contribution in [2.75, 3.05) is 0 Å². The Morgan fingerprint density at radius 3 is 1.85 bits per heavy atom. The molecule has 4 nitrogen and oxygen atoms in total. The lowest BCUT2D eigenvalue weighted by atomic mass is 10.1. The molecule has 0 radical (unpaired) electrons. The first-order valence-corrected chi connectivity index (χ1v) is 7.48. The van der Waals surface area contributed by atoms with Crippen molar-refractivity contribution in [3.05, 3.63) is 65.2 Å². The summed E-state index contributed by atoms with van der Waals surface area (Å²) in [5.74, 6) is -0.759. The predicted molar refractivity (Wildman–Crippen MR) is 76.1 cm³/mol. The summed E-state index contributed by atoms with van der Waals surface area (Å²) in [4.78, 5) is 0.0172. The summed E-state index contributed by atoms with van der Waals surface area (Å²) >= 11 is 0. The minimum Gasteiger partial charge on any atom is -0.858 e. The van der Waals surface area contributed by atoms with Gasteiger partial charge in [0.2, 0.25) is 0 Å². The van der Waals surface area contributed by atoms with Gasteiger partial charge in [0.25, 0.3) is 10.0 Å². The lowest BCUT2D eigenvalue weighted by molar-refractivity contribution is -0.212. The summed E-state index contributed by atoms with van der Waals surface area (Å²) in [6, 6.07) is 12.8. The fourth-order valence-electron chi connectivity index (χ4n) is 1.62. The van der Waals surface area contributed by atoms with E-state index in [1.54, 1.807) is 36.4 Å². The van der Waals surface area contributed by atoms with Gasteiger partial charge in [0.1, 0.15) is 0 Å². The molecule has 0 atom stereocenters. The van der Waals surface area contributed by atoms with Crippen molar-refractivity contribution >= 4 is 15.9 Å². The van der Waals surface area contributed by atoms with E-state index in [1.165, 1.54) is 12.1 Å². The fourth-order valence-corrected chi connectivity index (χ4v) is 2.53. The van der Waals surface area contributed by atoms with Gasteiger partial charge in [0.05, 0.1) is 4.90 Å². The van der Waals surface area contributed by atoms with Gasteiger partial charge < -0.3 is 5.11 Å². The number of aryl methyl sites for hydroxylation is 2. The summed E-state index contributed by atoms with van der Waals surface area (Å²) in [5.41, 5.74) is 2.18. The van der Waals surface area contributed by atoms with Gasteiger partial charge in [-0.05, 0) is 31.5 Å². The number of nitrogens with zero attached hydrogens (tertiary/aromatic N) is 1. The number of rotatable bonds is 3. The average Bonchev–Trinajstić information content (AvgIpc) is 2.39. The Labute approximate surface area is 118 Å². The molecule has 0 saturated heterocycles. The Hall–Kier alpha value is -2.14. The average molecular weight is 288 g/mol. The van der Waals surface area contributed by atoms with Gasteiger partial charge in [0.15, 0.2) is 0 Å². The van der Waals surface area contributed by atoms with Crippen LogP contribution < -0.4 is 5.11 Å². The van der Waals surface area contributed by atoms with Gasteiger partial charge in [-0.2, -0.15) is 12.8 Å². The molecule has 0 heterocycles. The molecule has 2 aromatic carbocycles. The number of benzene rings is 2. The Morgan fingerprint density at radius 1 is 0.900 bits per heavy atom. The van der Waals surface area contributed by atoms with Crippen molar-refractivity contribution in [2.24, 2.45) is 4.40 Å². The van der Waals surface area contributed by atoms with E-state index in [2.05, 4.69) is 4.40 Å². The molecule has 0 amide bonds. The highest BCUT2D eigenvalue weighted by Crippen LogP contribution is 2.14. The van der Waals surface area contributed by atoms with Crippen LogP contribution in [0.4, 0.5) is 0 Å². The quantitative estimate of drug-likeness (QED) is 0.638. The second-order valence-electron chi connectivity index (χ2n) is 4.55. The zero-order valence-corrected chi connectivity index (χ0v) is 12.0. The second kappa shape index (κ2) is 5.46. The molecule has 2 rings (SSSR count). The molecular formula is C15H14NO3S-. The molecule has 0 bridgehead atoms. The highest BCUT2D eigenvalue weighted by Gasteiger charge is 2.11. The van der Waals surface area contributed by atoms with Gasteiger partial charge in [0, 0.05) is 5.90 Å². The summed E-state index contributed by atoms with van der Waals surface area (Å²) in [6.45, 7) is 3.74. The van der Waals surface area contributed by atoms with Crippen LogP contribution in [0.15, 0.2) is 57.8 Å².